The lowest BCUT2D eigenvalue weighted by atomic mass is 9.95. The smallest absolute Gasteiger partial charge is 0.0621 e. The van der Waals surface area contributed by atoms with Crippen LogP contribution >= 0.6 is 0 Å². The van der Waals surface area contributed by atoms with Gasteiger partial charge >= 0.3 is 0 Å². The third kappa shape index (κ3) is 5.63. The van der Waals surface area contributed by atoms with Gasteiger partial charge in [0.05, 0.1) is 6.10 Å². The molecule has 0 saturated carbocycles. The van der Waals surface area contributed by atoms with Crippen molar-refractivity contribution in [3.63, 3.8) is 0 Å². The zero-order valence-corrected chi connectivity index (χ0v) is 11.8. The maximum atomic E-state index is 10.1. The molecule has 0 saturated heterocycles. The molecule has 1 aromatic rings. The molecule has 0 aliphatic heterocycles. The maximum absolute atomic E-state index is 10.1. The predicted molar refractivity (Wildman–Crippen MR) is 76.7 cm³/mol. The van der Waals surface area contributed by atoms with E-state index in [1.165, 1.54) is 32.1 Å². The Kier molecular flexibility index (Phi) is 7.66. The first-order valence-electron chi connectivity index (χ1n) is 7.34. The molecule has 1 aromatic heterocycles. The highest BCUT2D eigenvalue weighted by atomic mass is 16.3. The van der Waals surface area contributed by atoms with Crippen molar-refractivity contribution < 1.29 is 5.11 Å². The van der Waals surface area contributed by atoms with Gasteiger partial charge in [-0.2, -0.15) is 0 Å². The van der Waals surface area contributed by atoms with Gasteiger partial charge in [-0.1, -0.05) is 58.4 Å². The molecule has 1 rings (SSSR count). The van der Waals surface area contributed by atoms with Crippen molar-refractivity contribution in [2.24, 2.45) is 0 Å². The molecule has 2 unspecified atom stereocenters. The molecule has 0 spiro atoms. The summed E-state index contributed by atoms with van der Waals surface area (Å²) in [7, 11) is 0. The minimum Gasteiger partial charge on any atom is -0.392 e. The third-order valence-corrected chi connectivity index (χ3v) is 3.58. The third-order valence-electron chi connectivity index (χ3n) is 3.58. The largest absolute Gasteiger partial charge is 0.392 e. The molecule has 2 atom stereocenters. The molecular weight excluding hydrogens is 222 g/mol. The van der Waals surface area contributed by atoms with Gasteiger partial charge in [0.1, 0.15) is 0 Å². The summed E-state index contributed by atoms with van der Waals surface area (Å²) in [5.74, 6) is 0.141. The normalized spacial score (nSPS) is 14.4. The van der Waals surface area contributed by atoms with Gasteiger partial charge in [0.2, 0.25) is 0 Å². The summed E-state index contributed by atoms with van der Waals surface area (Å²) in [6, 6.07) is 5.89. The van der Waals surface area contributed by atoms with Crippen LogP contribution in [0.2, 0.25) is 0 Å². The Bertz CT molecular complexity index is 299. The van der Waals surface area contributed by atoms with Gasteiger partial charge in [-0.3, -0.25) is 4.98 Å². The van der Waals surface area contributed by atoms with Crippen LogP contribution in [0.15, 0.2) is 24.4 Å². The van der Waals surface area contributed by atoms with E-state index in [9.17, 15) is 5.11 Å². The highest BCUT2D eigenvalue weighted by Crippen LogP contribution is 2.21. The minimum atomic E-state index is -0.258. The second-order valence-corrected chi connectivity index (χ2v) is 5.17. The summed E-state index contributed by atoms with van der Waals surface area (Å²) < 4.78 is 0. The van der Waals surface area contributed by atoms with E-state index >= 15 is 0 Å². The summed E-state index contributed by atoms with van der Waals surface area (Å²) in [6.45, 7) is 4.29. The van der Waals surface area contributed by atoms with Crippen LogP contribution in [0.3, 0.4) is 0 Å². The highest BCUT2D eigenvalue weighted by molar-refractivity contribution is 5.09. The van der Waals surface area contributed by atoms with Crippen molar-refractivity contribution in [3.05, 3.63) is 30.1 Å². The fourth-order valence-corrected chi connectivity index (χ4v) is 2.23. The number of hydrogen-bond donors (Lipinski definition) is 1. The Morgan fingerprint density at radius 2 is 1.83 bits per heavy atom. The van der Waals surface area contributed by atoms with Crippen LogP contribution in [0.25, 0.3) is 0 Å². The average Bonchev–Trinajstić information content (AvgIpc) is 2.42. The standard InChI is InChI=1S/C16H27NO/c1-3-4-5-6-7-8-12-16(18)14(2)15-11-9-10-13-17-15/h9-11,13-14,16,18H,3-8,12H2,1-2H3. The number of pyridine rings is 1. The van der Waals surface area contributed by atoms with Gasteiger partial charge in [0.25, 0.3) is 0 Å². The number of aromatic nitrogens is 1. The van der Waals surface area contributed by atoms with E-state index in [2.05, 4.69) is 18.8 Å². The number of aliphatic hydroxyl groups excluding tert-OH is 1. The van der Waals surface area contributed by atoms with Gasteiger partial charge in [0.15, 0.2) is 0 Å². The molecule has 102 valence electrons. The van der Waals surface area contributed by atoms with Crippen molar-refractivity contribution in [1.29, 1.82) is 0 Å². The molecule has 1 N–H and O–H groups in total. The van der Waals surface area contributed by atoms with Crippen molar-refractivity contribution in [2.75, 3.05) is 0 Å². The van der Waals surface area contributed by atoms with Crippen molar-refractivity contribution in [1.82, 2.24) is 4.98 Å². The van der Waals surface area contributed by atoms with Gasteiger partial charge in [0, 0.05) is 17.8 Å². The molecule has 0 radical (unpaired) electrons. The van der Waals surface area contributed by atoms with Gasteiger partial charge in [-0.15, -0.1) is 0 Å². The van der Waals surface area contributed by atoms with E-state index in [0.29, 0.717) is 0 Å². The quantitative estimate of drug-likeness (QED) is 0.662. The SMILES string of the molecule is CCCCCCCCC(O)C(C)c1ccccn1. The predicted octanol–water partition coefficient (Wildman–Crippen LogP) is 4.30. The van der Waals surface area contributed by atoms with Crippen LogP contribution in [-0.2, 0) is 0 Å². The Morgan fingerprint density at radius 3 is 2.50 bits per heavy atom. The topological polar surface area (TPSA) is 33.1 Å². The van der Waals surface area contributed by atoms with Crippen LogP contribution in [0.5, 0.6) is 0 Å². The Hall–Kier alpha value is -0.890. The molecule has 2 nitrogen and oxygen atoms in total. The van der Waals surface area contributed by atoms with E-state index in [-0.39, 0.29) is 12.0 Å². The average molecular weight is 249 g/mol. The van der Waals surface area contributed by atoms with Crippen LogP contribution < -0.4 is 0 Å². The van der Waals surface area contributed by atoms with Crippen LogP contribution in [-0.4, -0.2) is 16.2 Å². The van der Waals surface area contributed by atoms with Crippen LogP contribution in [0.1, 0.15) is 70.4 Å². The minimum absolute atomic E-state index is 0.141. The fraction of sp³-hybridized carbons (Fsp3) is 0.688. The summed E-state index contributed by atoms with van der Waals surface area (Å²) >= 11 is 0. The van der Waals surface area contributed by atoms with Crippen molar-refractivity contribution in [3.8, 4) is 0 Å². The highest BCUT2D eigenvalue weighted by Gasteiger charge is 2.16. The molecule has 0 amide bonds. The lowest BCUT2D eigenvalue weighted by Crippen LogP contribution is -2.16. The monoisotopic (exact) mass is 249 g/mol. The molecule has 0 aromatic carbocycles. The van der Waals surface area contributed by atoms with E-state index in [0.717, 1.165) is 18.5 Å². The molecule has 0 aliphatic rings. The van der Waals surface area contributed by atoms with E-state index in [4.69, 9.17) is 0 Å². The Labute approximate surface area is 111 Å². The number of aliphatic hydroxyl groups is 1. The molecule has 1 heterocycles. The molecule has 0 aliphatic carbocycles. The molecule has 0 bridgehead atoms. The van der Waals surface area contributed by atoms with Crippen LogP contribution in [0.4, 0.5) is 0 Å². The second kappa shape index (κ2) is 9.09. The van der Waals surface area contributed by atoms with E-state index < -0.39 is 0 Å². The first-order valence-corrected chi connectivity index (χ1v) is 7.34. The van der Waals surface area contributed by atoms with Gasteiger partial charge in [-0.25, -0.2) is 0 Å². The summed E-state index contributed by atoms with van der Waals surface area (Å²) in [5.41, 5.74) is 0.996. The summed E-state index contributed by atoms with van der Waals surface area (Å²) in [4.78, 5) is 4.31. The number of rotatable bonds is 9. The first-order chi connectivity index (χ1) is 8.75. The summed E-state index contributed by atoms with van der Waals surface area (Å²) in [6.07, 6.45) is 10.1. The lowest BCUT2D eigenvalue weighted by Gasteiger charge is -2.18. The second-order valence-electron chi connectivity index (χ2n) is 5.17. The van der Waals surface area contributed by atoms with Crippen LogP contribution in [0, 0.1) is 0 Å². The van der Waals surface area contributed by atoms with Crippen molar-refractivity contribution in [2.45, 2.75) is 70.8 Å². The summed E-state index contributed by atoms with van der Waals surface area (Å²) in [5, 5.41) is 10.1. The van der Waals surface area contributed by atoms with Crippen molar-refractivity contribution >= 4 is 0 Å². The number of hydrogen-bond acceptors (Lipinski definition) is 2. The fourth-order valence-electron chi connectivity index (χ4n) is 2.23. The zero-order chi connectivity index (χ0) is 13.2. The molecule has 0 fully saturated rings. The Morgan fingerprint density at radius 1 is 1.11 bits per heavy atom. The number of nitrogens with zero attached hydrogens (tertiary/aromatic N) is 1. The lowest BCUT2D eigenvalue weighted by molar-refractivity contribution is 0.134. The number of unbranched alkanes of at least 4 members (excludes halogenated alkanes) is 5. The first kappa shape index (κ1) is 15.2. The Balaban J connectivity index is 2.18. The molecule has 2 heteroatoms. The van der Waals surface area contributed by atoms with E-state index in [1.807, 2.05) is 18.2 Å². The van der Waals surface area contributed by atoms with Gasteiger partial charge in [-0.05, 0) is 18.6 Å². The van der Waals surface area contributed by atoms with Gasteiger partial charge < -0.3 is 5.11 Å². The molecule has 18 heavy (non-hydrogen) atoms. The maximum Gasteiger partial charge on any atom is 0.0621 e. The van der Waals surface area contributed by atoms with E-state index in [1.54, 1.807) is 6.20 Å². The molecular formula is C16H27NO. The zero-order valence-electron chi connectivity index (χ0n) is 11.8.